The van der Waals surface area contributed by atoms with Crippen molar-refractivity contribution in [1.29, 1.82) is 0 Å². The van der Waals surface area contributed by atoms with Crippen molar-refractivity contribution in [1.82, 2.24) is 0 Å². The van der Waals surface area contributed by atoms with Crippen LogP contribution < -0.4 is 0 Å². The molecule has 1 heterocycles. The first-order valence-electron chi connectivity index (χ1n) is 3.82. The summed E-state index contributed by atoms with van der Waals surface area (Å²) in [5.41, 5.74) is 0.0337. The van der Waals surface area contributed by atoms with E-state index in [0.29, 0.717) is 0 Å². The molecular formula is C9H14O2. The van der Waals surface area contributed by atoms with Crippen LogP contribution in [0.15, 0.2) is 0 Å². The summed E-state index contributed by atoms with van der Waals surface area (Å²) >= 11 is 0. The molecule has 0 bridgehead atoms. The van der Waals surface area contributed by atoms with Crippen molar-refractivity contribution in [3.05, 3.63) is 0 Å². The van der Waals surface area contributed by atoms with Crippen molar-refractivity contribution in [3.8, 4) is 11.8 Å². The summed E-state index contributed by atoms with van der Waals surface area (Å²) in [5, 5.41) is 8.61. The van der Waals surface area contributed by atoms with E-state index in [0.717, 1.165) is 0 Å². The Kier molecular flexibility index (Phi) is 2.22. The van der Waals surface area contributed by atoms with Crippen molar-refractivity contribution < 1.29 is 9.84 Å². The van der Waals surface area contributed by atoms with Crippen molar-refractivity contribution in [2.45, 2.75) is 33.0 Å². The molecule has 2 heteroatoms. The van der Waals surface area contributed by atoms with E-state index in [-0.39, 0.29) is 24.2 Å². The highest BCUT2D eigenvalue weighted by Crippen LogP contribution is 2.21. The van der Waals surface area contributed by atoms with Gasteiger partial charge in [-0.05, 0) is 20.8 Å². The van der Waals surface area contributed by atoms with Gasteiger partial charge in [0, 0.05) is 5.41 Å². The lowest BCUT2D eigenvalue weighted by atomic mass is 9.98. The van der Waals surface area contributed by atoms with E-state index >= 15 is 0 Å². The highest BCUT2D eigenvalue weighted by atomic mass is 16.6. The van der Waals surface area contributed by atoms with Crippen LogP contribution >= 0.6 is 0 Å². The molecule has 1 saturated heterocycles. The minimum Gasteiger partial charge on any atom is -0.394 e. The maximum atomic E-state index is 8.61. The molecule has 1 aliphatic heterocycles. The lowest BCUT2D eigenvalue weighted by molar-refractivity contribution is 0.243. The largest absolute Gasteiger partial charge is 0.394 e. The van der Waals surface area contributed by atoms with Gasteiger partial charge in [-0.1, -0.05) is 11.8 Å². The molecule has 0 aromatic carbocycles. The second-order valence-electron chi connectivity index (χ2n) is 3.80. The van der Waals surface area contributed by atoms with E-state index in [4.69, 9.17) is 9.84 Å². The topological polar surface area (TPSA) is 32.8 Å². The van der Waals surface area contributed by atoms with Crippen LogP contribution in [0.25, 0.3) is 0 Å². The van der Waals surface area contributed by atoms with Crippen molar-refractivity contribution in [3.63, 3.8) is 0 Å². The van der Waals surface area contributed by atoms with Gasteiger partial charge in [-0.15, -0.1) is 0 Å². The molecular weight excluding hydrogens is 140 g/mol. The van der Waals surface area contributed by atoms with E-state index in [1.165, 1.54) is 0 Å². The molecule has 0 spiro atoms. The quantitative estimate of drug-likeness (QED) is 0.447. The van der Waals surface area contributed by atoms with E-state index < -0.39 is 0 Å². The zero-order valence-electron chi connectivity index (χ0n) is 7.22. The maximum Gasteiger partial charge on any atom is 0.147 e. The SMILES string of the molecule is CC(C)(C)C#C[C@@H]1O[C@H]1CO. The summed E-state index contributed by atoms with van der Waals surface area (Å²) in [7, 11) is 0. The Hall–Kier alpha value is -0.520. The zero-order valence-corrected chi connectivity index (χ0v) is 7.22. The molecule has 0 aromatic rings. The van der Waals surface area contributed by atoms with E-state index in [9.17, 15) is 0 Å². The molecule has 2 atom stereocenters. The number of epoxide rings is 1. The molecule has 1 aliphatic rings. The van der Waals surface area contributed by atoms with Crippen LogP contribution in [-0.2, 0) is 4.74 Å². The molecule has 0 unspecified atom stereocenters. The van der Waals surface area contributed by atoms with Gasteiger partial charge < -0.3 is 9.84 Å². The number of rotatable bonds is 1. The average molecular weight is 154 g/mol. The van der Waals surface area contributed by atoms with Crippen LogP contribution in [0.1, 0.15) is 20.8 Å². The van der Waals surface area contributed by atoms with Gasteiger partial charge in [0.1, 0.15) is 12.2 Å². The first-order chi connectivity index (χ1) is 5.03. The first kappa shape index (κ1) is 8.58. The Balaban J connectivity index is 2.36. The third kappa shape index (κ3) is 2.92. The van der Waals surface area contributed by atoms with Gasteiger partial charge in [-0.2, -0.15) is 0 Å². The molecule has 0 aromatic heterocycles. The number of hydrogen-bond donors (Lipinski definition) is 1. The van der Waals surface area contributed by atoms with Gasteiger partial charge in [0.15, 0.2) is 0 Å². The number of aliphatic hydroxyl groups is 1. The second-order valence-corrected chi connectivity index (χ2v) is 3.80. The summed E-state index contributed by atoms with van der Waals surface area (Å²) < 4.78 is 5.04. The van der Waals surface area contributed by atoms with E-state index in [2.05, 4.69) is 32.6 Å². The molecule has 0 amide bonds. The Morgan fingerprint density at radius 3 is 2.45 bits per heavy atom. The van der Waals surface area contributed by atoms with Crippen molar-refractivity contribution in [2.24, 2.45) is 5.41 Å². The average Bonchev–Trinajstić information content (AvgIpc) is 2.60. The first-order valence-corrected chi connectivity index (χ1v) is 3.82. The number of hydrogen-bond acceptors (Lipinski definition) is 2. The summed E-state index contributed by atoms with van der Waals surface area (Å²) in [5.74, 6) is 6.03. The van der Waals surface area contributed by atoms with Crippen LogP contribution in [0, 0.1) is 17.3 Å². The Morgan fingerprint density at radius 1 is 1.45 bits per heavy atom. The molecule has 0 radical (unpaired) electrons. The van der Waals surface area contributed by atoms with E-state index in [1.54, 1.807) is 0 Å². The Morgan fingerprint density at radius 2 is 2.09 bits per heavy atom. The molecule has 1 fully saturated rings. The summed E-state index contributed by atoms with van der Waals surface area (Å²) in [6.45, 7) is 6.24. The third-order valence-corrected chi connectivity index (χ3v) is 1.35. The summed E-state index contributed by atoms with van der Waals surface area (Å²) in [6, 6.07) is 0. The summed E-state index contributed by atoms with van der Waals surface area (Å²) in [4.78, 5) is 0. The molecule has 2 nitrogen and oxygen atoms in total. The number of ether oxygens (including phenoxy) is 1. The monoisotopic (exact) mass is 154 g/mol. The molecule has 0 aliphatic carbocycles. The van der Waals surface area contributed by atoms with Gasteiger partial charge in [0.05, 0.1) is 6.61 Å². The van der Waals surface area contributed by atoms with Crippen LogP contribution in [0.3, 0.4) is 0 Å². The summed E-state index contributed by atoms with van der Waals surface area (Å²) in [6.07, 6.45) is -0.0379. The lowest BCUT2D eigenvalue weighted by Crippen LogP contribution is -2.01. The standard InChI is InChI=1S/C9H14O2/c1-9(2,3)5-4-7-8(6-10)11-7/h7-8,10H,6H2,1-3H3/t7-,8-/m0/s1. The second kappa shape index (κ2) is 2.84. The van der Waals surface area contributed by atoms with Crippen LogP contribution in [0.4, 0.5) is 0 Å². The Bertz CT molecular complexity index is 192. The van der Waals surface area contributed by atoms with Gasteiger partial charge in [0.2, 0.25) is 0 Å². The fourth-order valence-electron chi connectivity index (χ4n) is 0.696. The normalized spacial score (nSPS) is 29.1. The minimum atomic E-state index is -0.0233. The smallest absolute Gasteiger partial charge is 0.147 e. The molecule has 62 valence electrons. The molecule has 0 saturated carbocycles. The van der Waals surface area contributed by atoms with Crippen molar-refractivity contribution >= 4 is 0 Å². The maximum absolute atomic E-state index is 8.61. The van der Waals surface area contributed by atoms with Crippen LogP contribution in [-0.4, -0.2) is 23.9 Å². The van der Waals surface area contributed by atoms with E-state index in [1.807, 2.05) is 0 Å². The van der Waals surface area contributed by atoms with Crippen molar-refractivity contribution in [2.75, 3.05) is 6.61 Å². The number of aliphatic hydroxyl groups excluding tert-OH is 1. The zero-order chi connectivity index (χ0) is 8.48. The Labute approximate surface area is 67.6 Å². The predicted molar refractivity (Wildman–Crippen MR) is 43.0 cm³/mol. The van der Waals surface area contributed by atoms with Gasteiger partial charge in [-0.3, -0.25) is 0 Å². The van der Waals surface area contributed by atoms with Gasteiger partial charge in [0.25, 0.3) is 0 Å². The van der Waals surface area contributed by atoms with Gasteiger partial charge in [-0.25, -0.2) is 0 Å². The molecule has 1 rings (SSSR count). The minimum absolute atomic E-state index is 0.0146. The van der Waals surface area contributed by atoms with Crippen LogP contribution in [0.5, 0.6) is 0 Å². The highest BCUT2D eigenvalue weighted by molar-refractivity contribution is 5.17. The fourth-order valence-corrected chi connectivity index (χ4v) is 0.696. The predicted octanol–water partition coefficient (Wildman–Crippen LogP) is 0.796. The highest BCUT2D eigenvalue weighted by Gasteiger charge is 2.36. The molecule has 11 heavy (non-hydrogen) atoms. The fraction of sp³-hybridized carbons (Fsp3) is 0.778. The van der Waals surface area contributed by atoms with Crippen LogP contribution in [0.2, 0.25) is 0 Å². The third-order valence-electron chi connectivity index (χ3n) is 1.35. The molecule has 1 N–H and O–H groups in total. The lowest BCUT2D eigenvalue weighted by Gasteiger charge is -2.06. The van der Waals surface area contributed by atoms with Gasteiger partial charge >= 0.3 is 0 Å².